The quantitative estimate of drug-likeness (QED) is 0.536. The maximum atomic E-state index is 12.3. The van der Waals surface area contributed by atoms with Gasteiger partial charge in [0.25, 0.3) is 0 Å². The van der Waals surface area contributed by atoms with Gasteiger partial charge in [0.1, 0.15) is 35.7 Å². The maximum Gasteiger partial charge on any atom is 0.339 e. The van der Waals surface area contributed by atoms with Gasteiger partial charge in [-0.2, -0.15) is 0 Å². The van der Waals surface area contributed by atoms with Gasteiger partial charge in [0.2, 0.25) is 6.29 Å². The van der Waals surface area contributed by atoms with E-state index in [-0.39, 0.29) is 16.4 Å². The van der Waals surface area contributed by atoms with Crippen molar-refractivity contribution in [2.24, 2.45) is 0 Å². The largest absolute Gasteiger partial charge is 0.460 e. The van der Waals surface area contributed by atoms with Gasteiger partial charge >= 0.3 is 5.63 Å². The second kappa shape index (κ2) is 7.62. The van der Waals surface area contributed by atoms with E-state index >= 15 is 0 Å². The van der Waals surface area contributed by atoms with Crippen LogP contribution in [0.2, 0.25) is 5.02 Å². The fourth-order valence-electron chi connectivity index (χ4n) is 3.82. The van der Waals surface area contributed by atoms with E-state index in [1.54, 1.807) is 6.07 Å². The highest BCUT2D eigenvalue weighted by atomic mass is 35.5. The number of ether oxygens (including phenoxy) is 2. The van der Waals surface area contributed by atoms with Gasteiger partial charge in [-0.1, -0.05) is 11.6 Å². The molecule has 1 aromatic heterocycles. The molecule has 8 nitrogen and oxygen atoms in total. The number of rotatable bonds is 3. The molecule has 2 aliphatic rings. The van der Waals surface area contributed by atoms with Gasteiger partial charge in [-0.05, 0) is 37.3 Å². The number of halogens is 1. The Morgan fingerprint density at radius 1 is 1.07 bits per heavy atom. The lowest BCUT2D eigenvalue weighted by molar-refractivity contribution is -0.277. The molecule has 5 atom stereocenters. The zero-order valence-electron chi connectivity index (χ0n) is 14.9. The zero-order chi connectivity index (χ0) is 20.0. The van der Waals surface area contributed by atoms with Crippen LogP contribution in [0.25, 0.3) is 11.0 Å². The van der Waals surface area contributed by atoms with Crippen LogP contribution >= 0.6 is 11.6 Å². The van der Waals surface area contributed by atoms with Gasteiger partial charge in [0.15, 0.2) is 0 Å². The molecule has 1 saturated heterocycles. The minimum Gasteiger partial charge on any atom is -0.460 e. The van der Waals surface area contributed by atoms with E-state index in [9.17, 15) is 25.2 Å². The predicted molar refractivity (Wildman–Crippen MR) is 98.5 cm³/mol. The van der Waals surface area contributed by atoms with Crippen LogP contribution in [0.1, 0.15) is 24.0 Å². The lowest BCUT2D eigenvalue weighted by atomic mass is 9.90. The molecule has 4 N–H and O–H groups in total. The molecule has 0 radical (unpaired) electrons. The van der Waals surface area contributed by atoms with Crippen LogP contribution in [0, 0.1) is 0 Å². The number of aryl methyl sites for hydroxylation is 1. The molecule has 1 aliphatic carbocycles. The Hall–Kier alpha value is -1.68. The average Bonchev–Trinajstić information content (AvgIpc) is 2.70. The van der Waals surface area contributed by atoms with Crippen LogP contribution < -0.4 is 10.4 Å². The third kappa shape index (κ3) is 3.30. The van der Waals surface area contributed by atoms with Crippen LogP contribution in [0.15, 0.2) is 21.3 Å². The zero-order valence-corrected chi connectivity index (χ0v) is 15.6. The standard InChI is InChI=1S/C19H21ClO8/c20-11-5-10-8-3-1-2-4-9(8)18(25)26-12(10)6-13(11)27-19-17(24)16(23)15(22)14(7-21)28-19/h5-6,14-17,19,21-24H,1-4,7H2/t14-,15+,16+,17-,19-/m1/s1. The van der Waals surface area contributed by atoms with E-state index in [2.05, 4.69) is 0 Å². The molecule has 152 valence electrons. The Labute approximate surface area is 164 Å². The molecule has 0 amide bonds. The fraction of sp³-hybridized carbons (Fsp3) is 0.526. The molecule has 2 heterocycles. The Morgan fingerprint density at radius 2 is 1.79 bits per heavy atom. The highest BCUT2D eigenvalue weighted by molar-refractivity contribution is 6.32. The van der Waals surface area contributed by atoms with Crippen LogP contribution in [0.5, 0.6) is 5.75 Å². The molecule has 1 fully saturated rings. The summed E-state index contributed by atoms with van der Waals surface area (Å²) in [6.07, 6.45) is -3.75. The lowest BCUT2D eigenvalue weighted by Crippen LogP contribution is -2.60. The van der Waals surface area contributed by atoms with Crippen LogP contribution in [-0.2, 0) is 17.6 Å². The Morgan fingerprint density at radius 3 is 2.50 bits per heavy atom. The second-order valence-corrected chi connectivity index (χ2v) is 7.55. The summed E-state index contributed by atoms with van der Waals surface area (Å²) >= 11 is 6.34. The maximum absolute atomic E-state index is 12.3. The molecule has 0 unspecified atom stereocenters. The summed E-state index contributed by atoms with van der Waals surface area (Å²) in [7, 11) is 0. The van der Waals surface area contributed by atoms with E-state index in [1.807, 2.05) is 0 Å². The molecular formula is C19H21ClO8. The van der Waals surface area contributed by atoms with Crippen molar-refractivity contribution >= 4 is 22.6 Å². The first-order valence-electron chi connectivity index (χ1n) is 9.16. The smallest absolute Gasteiger partial charge is 0.339 e. The number of fused-ring (bicyclic) bond motifs is 3. The van der Waals surface area contributed by atoms with Gasteiger partial charge in [-0.25, -0.2) is 4.79 Å². The van der Waals surface area contributed by atoms with Crippen LogP contribution in [0.4, 0.5) is 0 Å². The highest BCUT2D eigenvalue weighted by Crippen LogP contribution is 2.36. The fourth-order valence-corrected chi connectivity index (χ4v) is 4.03. The van der Waals surface area contributed by atoms with E-state index in [4.69, 9.17) is 25.5 Å². The van der Waals surface area contributed by atoms with Gasteiger partial charge in [0.05, 0.1) is 11.6 Å². The molecule has 0 saturated carbocycles. The van der Waals surface area contributed by atoms with Crippen molar-refractivity contribution in [1.82, 2.24) is 0 Å². The molecule has 2 aromatic rings. The van der Waals surface area contributed by atoms with Crippen molar-refractivity contribution in [2.45, 2.75) is 56.4 Å². The number of benzene rings is 1. The van der Waals surface area contributed by atoms with Crippen molar-refractivity contribution < 1.29 is 34.3 Å². The first kappa shape index (κ1) is 19.6. The highest BCUT2D eigenvalue weighted by Gasteiger charge is 2.44. The van der Waals surface area contributed by atoms with Crippen molar-refractivity contribution in [3.63, 3.8) is 0 Å². The van der Waals surface area contributed by atoms with Crippen molar-refractivity contribution in [2.75, 3.05) is 6.61 Å². The number of aliphatic hydroxyl groups is 4. The Balaban J connectivity index is 1.70. The summed E-state index contributed by atoms with van der Waals surface area (Å²) in [6.45, 7) is -0.572. The molecule has 0 spiro atoms. The molecule has 0 bridgehead atoms. The molecule has 28 heavy (non-hydrogen) atoms. The number of hydrogen-bond acceptors (Lipinski definition) is 8. The first-order chi connectivity index (χ1) is 13.4. The summed E-state index contributed by atoms with van der Waals surface area (Å²) < 4.78 is 16.4. The molecule has 1 aliphatic heterocycles. The summed E-state index contributed by atoms with van der Waals surface area (Å²) in [5.74, 6) is 0.0809. The number of hydrogen-bond donors (Lipinski definition) is 4. The predicted octanol–water partition coefficient (Wildman–Crippen LogP) is 0.504. The van der Waals surface area contributed by atoms with Gasteiger partial charge in [-0.3, -0.25) is 0 Å². The topological polar surface area (TPSA) is 130 Å². The average molecular weight is 413 g/mol. The third-order valence-electron chi connectivity index (χ3n) is 5.37. The van der Waals surface area contributed by atoms with Crippen molar-refractivity contribution in [1.29, 1.82) is 0 Å². The van der Waals surface area contributed by atoms with Crippen LogP contribution in [-0.4, -0.2) is 57.7 Å². The minimum absolute atomic E-state index is 0.0809. The molecule has 1 aromatic carbocycles. The van der Waals surface area contributed by atoms with Crippen LogP contribution in [0.3, 0.4) is 0 Å². The summed E-state index contributed by atoms with van der Waals surface area (Å²) in [6, 6.07) is 3.08. The van der Waals surface area contributed by atoms with E-state index in [1.165, 1.54) is 6.07 Å². The van der Waals surface area contributed by atoms with E-state index in [0.717, 1.165) is 30.2 Å². The van der Waals surface area contributed by atoms with Crippen molar-refractivity contribution in [3.05, 3.63) is 38.7 Å². The molecule has 9 heteroatoms. The molecular weight excluding hydrogens is 392 g/mol. The van der Waals surface area contributed by atoms with Crippen molar-refractivity contribution in [3.8, 4) is 5.75 Å². The third-order valence-corrected chi connectivity index (χ3v) is 5.66. The van der Waals surface area contributed by atoms with E-state index in [0.29, 0.717) is 17.6 Å². The van der Waals surface area contributed by atoms with Gasteiger partial charge < -0.3 is 34.3 Å². The Kier molecular flexibility index (Phi) is 5.34. The second-order valence-electron chi connectivity index (χ2n) is 7.15. The van der Waals surface area contributed by atoms with Gasteiger partial charge in [0, 0.05) is 17.0 Å². The minimum atomic E-state index is -1.57. The monoisotopic (exact) mass is 412 g/mol. The summed E-state index contributed by atoms with van der Waals surface area (Å²) in [5, 5.41) is 40.1. The molecule has 4 rings (SSSR count). The lowest BCUT2D eigenvalue weighted by Gasteiger charge is -2.39. The Bertz CT molecular complexity index is 940. The summed E-state index contributed by atoms with van der Waals surface area (Å²) in [4.78, 5) is 12.3. The summed E-state index contributed by atoms with van der Waals surface area (Å²) in [5.41, 5.74) is 1.52. The van der Waals surface area contributed by atoms with Gasteiger partial charge in [-0.15, -0.1) is 0 Å². The first-order valence-corrected chi connectivity index (χ1v) is 9.53. The van der Waals surface area contributed by atoms with E-state index < -0.39 is 37.3 Å². The number of aliphatic hydroxyl groups excluding tert-OH is 4. The normalized spacial score (nSPS) is 30.2. The SMILES string of the molecule is O=c1oc2cc(O[C@@H]3O[C@H](CO)[C@H](O)[C@H](O)[C@H]3O)c(Cl)cc2c2c1CCCC2.